The monoisotopic (exact) mass is 275 g/mol. The van der Waals surface area contributed by atoms with Crippen LogP contribution < -0.4 is 0 Å². The predicted octanol–water partition coefficient (Wildman–Crippen LogP) is 1.02. The number of nitrogens with zero attached hydrogens (tertiary/aromatic N) is 3. The molecule has 1 aromatic heterocycles. The van der Waals surface area contributed by atoms with Gasteiger partial charge in [-0.25, -0.2) is 0 Å². The highest BCUT2D eigenvalue weighted by Gasteiger charge is 2.38. The van der Waals surface area contributed by atoms with Gasteiger partial charge < -0.3 is 14.5 Å². The Bertz CT molecular complexity index is 465. The maximum atomic E-state index is 12.6. The van der Waals surface area contributed by atoms with Gasteiger partial charge in [0.2, 0.25) is 0 Å². The van der Waals surface area contributed by atoms with Gasteiger partial charge in [-0.2, -0.15) is 0 Å². The standard InChI is InChI=1S/C15H21N3O2/c1-2-17-7-5-13-14(11-17)20-9-8-18(13)15(19)12-4-3-6-16-10-12/h3-4,6,10,13-14H,2,5,7-9,11H2,1H3/t13-,14+/m0/s1. The summed E-state index contributed by atoms with van der Waals surface area (Å²) in [6, 6.07) is 3.85. The molecule has 2 aliphatic heterocycles. The number of rotatable bonds is 2. The fourth-order valence-electron chi connectivity index (χ4n) is 3.15. The molecule has 3 rings (SSSR count). The molecule has 1 amide bonds. The average molecular weight is 275 g/mol. The molecule has 20 heavy (non-hydrogen) atoms. The number of carbonyl (C=O) groups excluding carboxylic acids is 1. The van der Waals surface area contributed by atoms with Crippen LogP contribution in [0.2, 0.25) is 0 Å². The molecular formula is C15H21N3O2. The van der Waals surface area contributed by atoms with Crippen molar-refractivity contribution in [2.45, 2.75) is 25.5 Å². The van der Waals surface area contributed by atoms with E-state index in [1.807, 2.05) is 17.0 Å². The minimum Gasteiger partial charge on any atom is -0.373 e. The van der Waals surface area contributed by atoms with Crippen LogP contribution in [0.3, 0.4) is 0 Å². The Kier molecular flexibility index (Phi) is 3.98. The molecule has 2 saturated heterocycles. The van der Waals surface area contributed by atoms with Gasteiger partial charge in [-0.3, -0.25) is 9.78 Å². The molecule has 0 aliphatic carbocycles. The van der Waals surface area contributed by atoms with E-state index in [0.29, 0.717) is 18.7 Å². The van der Waals surface area contributed by atoms with Crippen LogP contribution >= 0.6 is 0 Å². The number of amides is 1. The first-order chi connectivity index (χ1) is 9.79. The van der Waals surface area contributed by atoms with Crippen LogP contribution in [0.4, 0.5) is 0 Å². The fourth-order valence-corrected chi connectivity index (χ4v) is 3.15. The Morgan fingerprint density at radius 2 is 2.40 bits per heavy atom. The molecule has 0 spiro atoms. The Labute approximate surface area is 119 Å². The average Bonchev–Trinajstić information content (AvgIpc) is 2.54. The van der Waals surface area contributed by atoms with Gasteiger partial charge in [0.25, 0.3) is 5.91 Å². The van der Waals surface area contributed by atoms with Crippen molar-refractivity contribution in [2.75, 3.05) is 32.8 Å². The molecule has 2 fully saturated rings. The van der Waals surface area contributed by atoms with Gasteiger partial charge >= 0.3 is 0 Å². The molecule has 1 aromatic rings. The maximum Gasteiger partial charge on any atom is 0.255 e. The molecule has 0 bridgehead atoms. The van der Waals surface area contributed by atoms with Gasteiger partial charge in [-0.15, -0.1) is 0 Å². The highest BCUT2D eigenvalue weighted by Crippen LogP contribution is 2.24. The van der Waals surface area contributed by atoms with E-state index < -0.39 is 0 Å². The molecule has 0 radical (unpaired) electrons. The van der Waals surface area contributed by atoms with Crippen LogP contribution in [-0.4, -0.2) is 65.6 Å². The summed E-state index contributed by atoms with van der Waals surface area (Å²) in [6.45, 7) is 6.49. The van der Waals surface area contributed by atoms with E-state index in [1.54, 1.807) is 12.4 Å². The Morgan fingerprint density at radius 1 is 1.50 bits per heavy atom. The van der Waals surface area contributed by atoms with Crippen molar-refractivity contribution < 1.29 is 9.53 Å². The Balaban J connectivity index is 1.75. The molecule has 0 N–H and O–H groups in total. The van der Waals surface area contributed by atoms with E-state index >= 15 is 0 Å². The number of piperidine rings is 1. The molecule has 5 nitrogen and oxygen atoms in total. The van der Waals surface area contributed by atoms with Crippen molar-refractivity contribution in [3.63, 3.8) is 0 Å². The third kappa shape index (κ3) is 2.55. The van der Waals surface area contributed by atoms with E-state index in [0.717, 1.165) is 26.1 Å². The predicted molar refractivity (Wildman–Crippen MR) is 75.5 cm³/mol. The number of fused-ring (bicyclic) bond motifs is 1. The van der Waals surface area contributed by atoms with E-state index in [1.165, 1.54) is 0 Å². The number of hydrogen-bond acceptors (Lipinski definition) is 4. The zero-order chi connectivity index (χ0) is 13.9. The Hall–Kier alpha value is -1.46. The zero-order valence-corrected chi connectivity index (χ0v) is 11.9. The summed E-state index contributed by atoms with van der Waals surface area (Å²) in [5.41, 5.74) is 0.672. The normalized spacial score (nSPS) is 27.1. The summed E-state index contributed by atoms with van der Waals surface area (Å²) in [7, 11) is 0. The summed E-state index contributed by atoms with van der Waals surface area (Å²) in [4.78, 5) is 21.0. The molecule has 2 aliphatic rings. The van der Waals surface area contributed by atoms with Crippen LogP contribution in [0.1, 0.15) is 23.7 Å². The summed E-state index contributed by atoms with van der Waals surface area (Å²) >= 11 is 0. The largest absolute Gasteiger partial charge is 0.373 e. The molecule has 5 heteroatoms. The van der Waals surface area contributed by atoms with E-state index in [2.05, 4.69) is 16.8 Å². The number of ether oxygens (including phenoxy) is 1. The highest BCUT2D eigenvalue weighted by molar-refractivity contribution is 5.94. The maximum absolute atomic E-state index is 12.6. The molecule has 0 aromatic carbocycles. The van der Waals surface area contributed by atoms with E-state index in [4.69, 9.17) is 4.74 Å². The number of likely N-dealkylation sites (N-methyl/N-ethyl adjacent to an activating group) is 1. The number of aromatic nitrogens is 1. The van der Waals surface area contributed by atoms with Gasteiger partial charge in [-0.1, -0.05) is 6.92 Å². The molecule has 0 saturated carbocycles. The van der Waals surface area contributed by atoms with Crippen molar-refractivity contribution in [2.24, 2.45) is 0 Å². The van der Waals surface area contributed by atoms with Gasteiger partial charge in [-0.05, 0) is 25.1 Å². The lowest BCUT2D eigenvalue weighted by atomic mass is 9.97. The van der Waals surface area contributed by atoms with Gasteiger partial charge in [0.05, 0.1) is 24.3 Å². The second-order valence-corrected chi connectivity index (χ2v) is 5.40. The number of morpholine rings is 1. The summed E-state index contributed by atoms with van der Waals surface area (Å²) in [5.74, 6) is 0.0846. The van der Waals surface area contributed by atoms with Crippen LogP contribution in [0.15, 0.2) is 24.5 Å². The van der Waals surface area contributed by atoms with Crippen molar-refractivity contribution in [1.82, 2.24) is 14.8 Å². The zero-order valence-electron chi connectivity index (χ0n) is 11.9. The van der Waals surface area contributed by atoms with E-state index in [9.17, 15) is 4.79 Å². The first kappa shape index (κ1) is 13.5. The van der Waals surface area contributed by atoms with Crippen LogP contribution in [0.25, 0.3) is 0 Å². The van der Waals surface area contributed by atoms with Crippen LogP contribution in [0.5, 0.6) is 0 Å². The lowest BCUT2D eigenvalue weighted by Gasteiger charge is -2.46. The lowest BCUT2D eigenvalue weighted by Crippen LogP contribution is -2.60. The SMILES string of the molecule is CCN1CC[C@H]2[C@@H](C1)OCCN2C(=O)c1cccnc1. The van der Waals surface area contributed by atoms with Crippen molar-refractivity contribution in [1.29, 1.82) is 0 Å². The molecule has 108 valence electrons. The van der Waals surface area contributed by atoms with Crippen LogP contribution in [0, 0.1) is 0 Å². The minimum atomic E-state index is 0.0846. The van der Waals surface area contributed by atoms with Gasteiger partial charge in [0, 0.05) is 32.0 Å². The highest BCUT2D eigenvalue weighted by atomic mass is 16.5. The first-order valence-corrected chi connectivity index (χ1v) is 7.34. The number of hydrogen-bond donors (Lipinski definition) is 0. The van der Waals surface area contributed by atoms with Gasteiger partial charge in [0.15, 0.2) is 0 Å². The van der Waals surface area contributed by atoms with Crippen LogP contribution in [-0.2, 0) is 4.74 Å². The van der Waals surface area contributed by atoms with Gasteiger partial charge in [0.1, 0.15) is 0 Å². The lowest BCUT2D eigenvalue weighted by molar-refractivity contribution is -0.0912. The minimum absolute atomic E-state index is 0.0846. The number of likely N-dealkylation sites (tertiary alicyclic amines) is 1. The second kappa shape index (κ2) is 5.89. The Morgan fingerprint density at radius 3 is 3.15 bits per heavy atom. The van der Waals surface area contributed by atoms with Crippen molar-refractivity contribution in [3.05, 3.63) is 30.1 Å². The molecule has 3 heterocycles. The smallest absolute Gasteiger partial charge is 0.255 e. The fraction of sp³-hybridized carbons (Fsp3) is 0.600. The quantitative estimate of drug-likeness (QED) is 0.808. The van der Waals surface area contributed by atoms with Crippen molar-refractivity contribution >= 4 is 5.91 Å². The molecule has 2 atom stereocenters. The number of pyridine rings is 1. The second-order valence-electron chi connectivity index (χ2n) is 5.40. The summed E-state index contributed by atoms with van der Waals surface area (Å²) in [5, 5.41) is 0. The van der Waals surface area contributed by atoms with E-state index in [-0.39, 0.29) is 18.1 Å². The summed E-state index contributed by atoms with van der Waals surface area (Å²) < 4.78 is 5.88. The first-order valence-electron chi connectivity index (χ1n) is 7.34. The molecular weight excluding hydrogens is 254 g/mol. The number of carbonyl (C=O) groups is 1. The third-order valence-corrected chi connectivity index (χ3v) is 4.29. The van der Waals surface area contributed by atoms with Crippen molar-refractivity contribution in [3.8, 4) is 0 Å². The summed E-state index contributed by atoms with van der Waals surface area (Å²) in [6.07, 6.45) is 4.48. The molecule has 0 unspecified atom stereocenters. The topological polar surface area (TPSA) is 45.7 Å². The third-order valence-electron chi connectivity index (χ3n) is 4.29.